The number of rotatable bonds is 3. The van der Waals surface area contributed by atoms with Crippen LogP contribution >= 0.6 is 0 Å². The Kier molecular flexibility index (Phi) is 11.0. The number of carbonyl (C=O) groups excluding carboxylic acids is 1. The highest BCUT2D eigenvalue weighted by atomic mass is 16.4. The number of carboxylic acid groups (broad SMARTS) is 1. The van der Waals surface area contributed by atoms with Crippen LogP contribution in [0.2, 0.25) is 0 Å². The van der Waals surface area contributed by atoms with Crippen molar-refractivity contribution in [2.75, 3.05) is 6.54 Å². The van der Waals surface area contributed by atoms with Gasteiger partial charge < -0.3 is 26.9 Å². The summed E-state index contributed by atoms with van der Waals surface area (Å²) in [6, 6.07) is 3.24. The molecule has 7 nitrogen and oxygen atoms in total. The number of aldehydes is 1. The molecule has 7 N–H and O–H groups in total. The third-order valence-corrected chi connectivity index (χ3v) is 3.33. The fourth-order valence-electron chi connectivity index (χ4n) is 1.83. The van der Waals surface area contributed by atoms with Crippen LogP contribution in [0.4, 0.5) is 0 Å². The molecule has 22 heavy (non-hydrogen) atoms. The molecule has 7 heteroatoms. The fraction of sp³-hybridized carbons (Fsp3) is 0.600. The molecule has 0 bridgehead atoms. The molecule has 0 amide bonds. The van der Waals surface area contributed by atoms with Crippen molar-refractivity contribution in [3.05, 3.63) is 24.0 Å². The van der Waals surface area contributed by atoms with Crippen molar-refractivity contribution in [1.82, 2.24) is 4.57 Å². The smallest absolute Gasteiger partial charge is 0.321 e. The number of hydrogen-bond acceptors (Lipinski definition) is 5. The van der Waals surface area contributed by atoms with Crippen LogP contribution in [0.25, 0.3) is 0 Å². The van der Waals surface area contributed by atoms with Crippen LogP contribution in [0.1, 0.15) is 42.6 Å². The van der Waals surface area contributed by atoms with E-state index in [2.05, 4.69) is 0 Å². The van der Waals surface area contributed by atoms with E-state index in [0.29, 0.717) is 11.7 Å². The molecular weight excluding hydrogens is 284 g/mol. The second kappa shape index (κ2) is 11.9. The van der Waals surface area contributed by atoms with Crippen molar-refractivity contribution < 1.29 is 14.7 Å². The first-order valence-electron chi connectivity index (χ1n) is 7.42. The zero-order valence-corrected chi connectivity index (χ0v) is 13.1. The third-order valence-electron chi connectivity index (χ3n) is 3.33. The maximum Gasteiger partial charge on any atom is 0.321 e. The molecule has 0 aliphatic heterocycles. The molecular formula is C15H28N4O3. The zero-order chi connectivity index (χ0) is 17.0. The van der Waals surface area contributed by atoms with Gasteiger partial charge in [0.15, 0.2) is 6.29 Å². The van der Waals surface area contributed by atoms with Gasteiger partial charge in [0.05, 0.1) is 5.69 Å². The molecule has 0 unspecified atom stereocenters. The molecule has 0 aromatic carbocycles. The van der Waals surface area contributed by atoms with E-state index in [1.54, 1.807) is 10.6 Å². The van der Waals surface area contributed by atoms with E-state index in [1.807, 2.05) is 19.3 Å². The van der Waals surface area contributed by atoms with Gasteiger partial charge in [-0.1, -0.05) is 19.3 Å². The highest BCUT2D eigenvalue weighted by Gasteiger charge is 2.06. The molecule has 1 aliphatic rings. The Hall–Kier alpha value is -1.70. The number of aromatic nitrogens is 1. The van der Waals surface area contributed by atoms with Gasteiger partial charge in [-0.15, -0.1) is 0 Å². The first-order chi connectivity index (χ1) is 10.4. The van der Waals surface area contributed by atoms with Crippen LogP contribution < -0.4 is 17.2 Å². The van der Waals surface area contributed by atoms with Crippen LogP contribution in [-0.2, 0) is 11.8 Å². The molecule has 1 atom stereocenters. The first-order valence-corrected chi connectivity index (χ1v) is 7.42. The number of carboxylic acids is 1. The highest BCUT2D eigenvalue weighted by molar-refractivity contribution is 5.73. The van der Waals surface area contributed by atoms with Gasteiger partial charge in [0.25, 0.3) is 0 Å². The normalized spacial score (nSPS) is 15.6. The van der Waals surface area contributed by atoms with Gasteiger partial charge in [0.2, 0.25) is 0 Å². The van der Waals surface area contributed by atoms with Gasteiger partial charge in [-0.05, 0) is 25.0 Å². The number of nitrogens with two attached hydrogens (primary N) is 3. The Morgan fingerprint density at radius 3 is 2.23 bits per heavy atom. The van der Waals surface area contributed by atoms with E-state index in [4.69, 9.17) is 22.3 Å². The number of carbonyl (C=O) groups is 2. The zero-order valence-electron chi connectivity index (χ0n) is 13.1. The molecule has 2 rings (SSSR count). The summed E-state index contributed by atoms with van der Waals surface area (Å²) in [4.78, 5) is 19.8. The largest absolute Gasteiger partial charge is 0.480 e. The van der Waals surface area contributed by atoms with Crippen LogP contribution in [0.3, 0.4) is 0 Å². The highest BCUT2D eigenvalue weighted by Crippen LogP contribution is 2.14. The number of aryl methyl sites for hydroxylation is 1. The van der Waals surface area contributed by atoms with Crippen LogP contribution in [0.15, 0.2) is 18.3 Å². The van der Waals surface area contributed by atoms with E-state index in [-0.39, 0.29) is 6.54 Å². The third kappa shape index (κ3) is 9.28. The van der Waals surface area contributed by atoms with Gasteiger partial charge in [-0.3, -0.25) is 9.59 Å². The molecule has 1 aromatic heterocycles. The summed E-state index contributed by atoms with van der Waals surface area (Å²) in [7, 11) is 1.84. The topological polar surface area (TPSA) is 137 Å². The summed E-state index contributed by atoms with van der Waals surface area (Å²) in [5, 5.41) is 7.98. The number of aliphatic carboxylic acids is 1. The lowest BCUT2D eigenvalue weighted by Crippen LogP contribution is -2.37. The van der Waals surface area contributed by atoms with Crippen molar-refractivity contribution in [2.45, 2.75) is 44.2 Å². The summed E-state index contributed by atoms with van der Waals surface area (Å²) in [6.07, 6.45) is 9.33. The van der Waals surface area contributed by atoms with Crippen LogP contribution in [0, 0.1) is 0 Å². The Morgan fingerprint density at radius 1 is 1.45 bits per heavy atom. The molecule has 0 spiro atoms. The maximum absolute atomic E-state index is 10.1. The summed E-state index contributed by atoms with van der Waals surface area (Å²) in [5.74, 6) is -1.05. The van der Waals surface area contributed by atoms with E-state index in [0.717, 1.165) is 6.29 Å². The molecule has 1 aromatic rings. The second-order valence-electron chi connectivity index (χ2n) is 5.24. The van der Waals surface area contributed by atoms with Gasteiger partial charge in [-0.25, -0.2) is 0 Å². The Bertz CT molecular complexity index is 428. The van der Waals surface area contributed by atoms with E-state index < -0.39 is 12.0 Å². The lowest BCUT2D eigenvalue weighted by Gasteiger charge is -2.15. The Labute approximate surface area is 131 Å². The summed E-state index contributed by atoms with van der Waals surface area (Å²) in [5.41, 5.74) is 16.1. The van der Waals surface area contributed by atoms with Gasteiger partial charge in [0.1, 0.15) is 6.04 Å². The van der Waals surface area contributed by atoms with Crippen molar-refractivity contribution in [3.63, 3.8) is 0 Å². The molecule has 0 saturated heterocycles. The van der Waals surface area contributed by atoms with Crippen LogP contribution in [-0.4, -0.2) is 40.6 Å². The number of nitrogens with zero attached hydrogens (tertiary/aromatic N) is 1. The molecule has 0 radical (unpaired) electrons. The Morgan fingerprint density at radius 2 is 2.05 bits per heavy atom. The number of hydrogen-bond donors (Lipinski definition) is 4. The minimum Gasteiger partial charge on any atom is -0.480 e. The van der Waals surface area contributed by atoms with Gasteiger partial charge >= 0.3 is 5.97 Å². The van der Waals surface area contributed by atoms with Crippen LogP contribution in [0.5, 0.6) is 0 Å². The van der Waals surface area contributed by atoms with Gasteiger partial charge in [-0.2, -0.15) is 0 Å². The summed E-state index contributed by atoms with van der Waals surface area (Å²) in [6.45, 7) is -0.00463. The van der Waals surface area contributed by atoms with Crippen molar-refractivity contribution >= 4 is 12.3 Å². The molecule has 1 fully saturated rings. The van der Waals surface area contributed by atoms with Crippen molar-refractivity contribution in [2.24, 2.45) is 24.2 Å². The quantitative estimate of drug-likeness (QED) is 0.599. The second-order valence-corrected chi connectivity index (χ2v) is 5.24. The SMILES string of the molecule is Cn1cccc1C=O.NC1CCCCC1.NC[C@H](N)C(=O)O. The standard InChI is InChI=1S/C6H7NO.C6H13N.C3H8N2O2/c1-7-4-2-3-6(7)5-8;7-6-4-2-1-3-5-6;4-1-2(5)3(6)7/h2-5H,1H3;6H,1-5,7H2;2H,1,4-5H2,(H,6,7)/t;;2-/m..0/s1. The molecule has 126 valence electrons. The minimum atomic E-state index is -1.05. The predicted octanol–water partition coefficient (Wildman–Crippen LogP) is 0.472. The lowest BCUT2D eigenvalue weighted by molar-refractivity contribution is -0.138. The monoisotopic (exact) mass is 312 g/mol. The fourth-order valence-corrected chi connectivity index (χ4v) is 1.83. The summed E-state index contributed by atoms with van der Waals surface area (Å²) < 4.78 is 1.77. The first kappa shape index (κ1) is 20.3. The molecule has 1 saturated carbocycles. The lowest BCUT2D eigenvalue weighted by atomic mass is 9.97. The summed E-state index contributed by atoms with van der Waals surface area (Å²) >= 11 is 0. The molecule has 1 aliphatic carbocycles. The maximum atomic E-state index is 10.1. The average Bonchev–Trinajstić information content (AvgIpc) is 2.93. The predicted molar refractivity (Wildman–Crippen MR) is 86.5 cm³/mol. The van der Waals surface area contributed by atoms with Crippen molar-refractivity contribution in [3.8, 4) is 0 Å². The molecule has 1 heterocycles. The minimum absolute atomic E-state index is 0.00463. The Balaban J connectivity index is 0.000000302. The van der Waals surface area contributed by atoms with E-state index in [9.17, 15) is 9.59 Å². The van der Waals surface area contributed by atoms with Crippen molar-refractivity contribution in [1.29, 1.82) is 0 Å². The average molecular weight is 312 g/mol. The van der Waals surface area contributed by atoms with Gasteiger partial charge in [0, 0.05) is 25.8 Å². The van der Waals surface area contributed by atoms with E-state index in [1.165, 1.54) is 32.1 Å². The van der Waals surface area contributed by atoms with E-state index >= 15 is 0 Å².